The number of nitrogens with one attached hydrogen (secondary N) is 1. The van der Waals surface area contributed by atoms with Crippen molar-refractivity contribution in [2.75, 3.05) is 0 Å². The van der Waals surface area contributed by atoms with Gasteiger partial charge in [0.15, 0.2) is 0 Å². The Morgan fingerprint density at radius 3 is 3.25 bits per heavy atom. The van der Waals surface area contributed by atoms with E-state index in [1.54, 1.807) is 17.1 Å². The van der Waals surface area contributed by atoms with Crippen LogP contribution in [0.5, 0.6) is 0 Å². The van der Waals surface area contributed by atoms with Crippen molar-refractivity contribution in [1.29, 1.82) is 0 Å². The summed E-state index contributed by atoms with van der Waals surface area (Å²) in [6.45, 7) is 3.37. The predicted molar refractivity (Wildman–Crippen MR) is 71.9 cm³/mol. The summed E-state index contributed by atoms with van der Waals surface area (Å²) in [5, 5.41) is 10.6. The summed E-state index contributed by atoms with van der Waals surface area (Å²) in [7, 11) is 0. The maximum atomic E-state index is 11.9. The molecule has 7 heteroatoms. The van der Waals surface area contributed by atoms with Gasteiger partial charge in [0.2, 0.25) is 5.91 Å². The molecule has 106 valence electrons. The van der Waals surface area contributed by atoms with Gasteiger partial charge in [-0.3, -0.25) is 9.48 Å². The van der Waals surface area contributed by atoms with Gasteiger partial charge in [-0.15, -0.1) is 5.10 Å². The second kappa shape index (κ2) is 5.44. The molecule has 7 nitrogen and oxygen atoms in total. The molecule has 1 aliphatic heterocycles. The molecule has 1 N–H and O–H groups in total. The van der Waals surface area contributed by atoms with Crippen LogP contribution >= 0.6 is 0 Å². The van der Waals surface area contributed by atoms with Crippen LogP contribution < -0.4 is 5.32 Å². The SMILES string of the molecule is Cc1cn2c(n1)CC[C@H](NC(=O)CCn1ccnn1)C2. The Labute approximate surface area is 117 Å². The normalized spacial score (nSPS) is 17.8. The van der Waals surface area contributed by atoms with Gasteiger partial charge in [-0.2, -0.15) is 0 Å². The van der Waals surface area contributed by atoms with Gasteiger partial charge in [0.05, 0.1) is 18.4 Å². The maximum absolute atomic E-state index is 11.9. The Morgan fingerprint density at radius 2 is 2.45 bits per heavy atom. The van der Waals surface area contributed by atoms with Crippen LogP contribution in [0, 0.1) is 6.92 Å². The molecule has 0 aromatic carbocycles. The molecule has 1 atom stereocenters. The molecule has 0 saturated carbocycles. The highest BCUT2D eigenvalue weighted by Crippen LogP contribution is 2.15. The van der Waals surface area contributed by atoms with Crippen LogP contribution in [0.3, 0.4) is 0 Å². The van der Waals surface area contributed by atoms with Crippen LogP contribution in [0.1, 0.15) is 24.4 Å². The highest BCUT2D eigenvalue weighted by molar-refractivity contribution is 5.76. The minimum atomic E-state index is 0.0609. The molecule has 0 spiro atoms. The molecule has 0 bridgehead atoms. The van der Waals surface area contributed by atoms with Gasteiger partial charge in [0, 0.05) is 37.8 Å². The molecule has 3 heterocycles. The largest absolute Gasteiger partial charge is 0.352 e. The van der Waals surface area contributed by atoms with Crippen LogP contribution in [0.4, 0.5) is 0 Å². The van der Waals surface area contributed by atoms with Crippen molar-refractivity contribution in [1.82, 2.24) is 29.9 Å². The van der Waals surface area contributed by atoms with Crippen molar-refractivity contribution in [3.63, 3.8) is 0 Å². The second-order valence-corrected chi connectivity index (χ2v) is 5.17. The number of carbonyl (C=O) groups excluding carboxylic acids is 1. The summed E-state index contributed by atoms with van der Waals surface area (Å²) in [5.74, 6) is 1.18. The lowest BCUT2D eigenvalue weighted by molar-refractivity contribution is -0.122. The van der Waals surface area contributed by atoms with Crippen molar-refractivity contribution in [3.8, 4) is 0 Å². The molecule has 2 aromatic rings. The highest BCUT2D eigenvalue weighted by Gasteiger charge is 2.20. The van der Waals surface area contributed by atoms with Gasteiger partial charge in [0.25, 0.3) is 0 Å². The zero-order valence-electron chi connectivity index (χ0n) is 11.5. The Bertz CT molecular complexity index is 588. The van der Waals surface area contributed by atoms with E-state index in [9.17, 15) is 4.79 Å². The molecule has 1 aliphatic rings. The summed E-state index contributed by atoms with van der Waals surface area (Å²) >= 11 is 0. The number of imidazole rings is 1. The number of hydrogen-bond acceptors (Lipinski definition) is 4. The number of amides is 1. The van der Waals surface area contributed by atoms with Crippen molar-refractivity contribution in [2.45, 2.75) is 45.3 Å². The molecule has 0 saturated heterocycles. The number of aryl methyl sites for hydroxylation is 3. The zero-order valence-corrected chi connectivity index (χ0v) is 11.5. The predicted octanol–water partition coefficient (Wildman–Crippen LogP) is 0.304. The number of carbonyl (C=O) groups is 1. The summed E-state index contributed by atoms with van der Waals surface area (Å²) in [4.78, 5) is 16.4. The van der Waals surface area contributed by atoms with Crippen molar-refractivity contribution < 1.29 is 4.79 Å². The topological polar surface area (TPSA) is 77.6 Å². The van der Waals surface area contributed by atoms with Crippen LogP contribution in [0.15, 0.2) is 18.6 Å². The molecule has 0 fully saturated rings. The minimum Gasteiger partial charge on any atom is -0.352 e. The summed E-state index contributed by atoms with van der Waals surface area (Å²) in [6.07, 6.45) is 7.71. The van der Waals surface area contributed by atoms with Crippen LogP contribution in [-0.2, 0) is 24.3 Å². The Kier molecular flexibility index (Phi) is 3.49. The third-order valence-corrected chi connectivity index (χ3v) is 3.52. The maximum Gasteiger partial charge on any atom is 0.222 e. The van der Waals surface area contributed by atoms with Gasteiger partial charge in [-0.25, -0.2) is 4.98 Å². The standard InChI is InChI=1S/C13H18N6O/c1-10-8-18-9-11(2-3-12(18)15-10)16-13(20)4-6-19-7-5-14-17-19/h5,7-8,11H,2-4,6,9H2,1H3,(H,16,20)/t11-/m0/s1. The molecule has 0 radical (unpaired) electrons. The first-order valence-corrected chi connectivity index (χ1v) is 6.87. The monoisotopic (exact) mass is 274 g/mol. The van der Waals surface area contributed by atoms with E-state index in [2.05, 4.69) is 25.2 Å². The number of fused-ring (bicyclic) bond motifs is 1. The lowest BCUT2D eigenvalue weighted by Crippen LogP contribution is -2.41. The molecule has 0 unspecified atom stereocenters. The molecule has 2 aromatic heterocycles. The number of nitrogens with zero attached hydrogens (tertiary/aromatic N) is 5. The zero-order chi connectivity index (χ0) is 13.9. The fourth-order valence-electron chi connectivity index (χ4n) is 2.57. The van der Waals surface area contributed by atoms with Crippen LogP contribution in [-0.4, -0.2) is 36.5 Å². The lowest BCUT2D eigenvalue weighted by Gasteiger charge is -2.24. The highest BCUT2D eigenvalue weighted by atomic mass is 16.1. The summed E-state index contributed by atoms with van der Waals surface area (Å²) in [5.41, 5.74) is 1.04. The van der Waals surface area contributed by atoms with E-state index >= 15 is 0 Å². The molecule has 20 heavy (non-hydrogen) atoms. The quantitative estimate of drug-likeness (QED) is 0.870. The first kappa shape index (κ1) is 12.8. The summed E-state index contributed by atoms with van der Waals surface area (Å²) in [6, 6.07) is 0.194. The van der Waals surface area contributed by atoms with Crippen molar-refractivity contribution in [3.05, 3.63) is 30.1 Å². The first-order valence-electron chi connectivity index (χ1n) is 6.87. The minimum absolute atomic E-state index is 0.0609. The number of hydrogen-bond donors (Lipinski definition) is 1. The van der Waals surface area contributed by atoms with E-state index in [0.29, 0.717) is 13.0 Å². The van der Waals surface area contributed by atoms with E-state index < -0.39 is 0 Å². The number of rotatable bonds is 4. The van der Waals surface area contributed by atoms with Gasteiger partial charge in [0.1, 0.15) is 5.82 Å². The average molecular weight is 274 g/mol. The van der Waals surface area contributed by atoms with Gasteiger partial charge in [-0.05, 0) is 13.3 Å². The van der Waals surface area contributed by atoms with E-state index in [-0.39, 0.29) is 11.9 Å². The molecular weight excluding hydrogens is 256 g/mol. The average Bonchev–Trinajstić information content (AvgIpc) is 3.04. The van der Waals surface area contributed by atoms with Gasteiger partial charge < -0.3 is 9.88 Å². The molecule has 3 rings (SSSR count). The van der Waals surface area contributed by atoms with E-state index in [0.717, 1.165) is 30.9 Å². The Hall–Kier alpha value is -2.18. The fraction of sp³-hybridized carbons (Fsp3) is 0.538. The Balaban J connectivity index is 1.50. The molecular formula is C13H18N6O. The van der Waals surface area contributed by atoms with E-state index in [4.69, 9.17) is 0 Å². The van der Waals surface area contributed by atoms with E-state index in [1.807, 2.05) is 13.1 Å². The third kappa shape index (κ3) is 2.87. The second-order valence-electron chi connectivity index (χ2n) is 5.17. The van der Waals surface area contributed by atoms with Crippen molar-refractivity contribution >= 4 is 5.91 Å². The Morgan fingerprint density at radius 1 is 1.55 bits per heavy atom. The first-order chi connectivity index (χ1) is 9.70. The lowest BCUT2D eigenvalue weighted by atomic mass is 10.1. The number of aromatic nitrogens is 5. The van der Waals surface area contributed by atoms with Gasteiger partial charge >= 0.3 is 0 Å². The molecule has 1 amide bonds. The van der Waals surface area contributed by atoms with Crippen molar-refractivity contribution in [2.24, 2.45) is 0 Å². The van der Waals surface area contributed by atoms with E-state index in [1.165, 1.54) is 0 Å². The smallest absolute Gasteiger partial charge is 0.222 e. The van der Waals surface area contributed by atoms with Crippen LogP contribution in [0.2, 0.25) is 0 Å². The van der Waals surface area contributed by atoms with Crippen LogP contribution in [0.25, 0.3) is 0 Å². The fourth-order valence-corrected chi connectivity index (χ4v) is 2.57. The summed E-state index contributed by atoms with van der Waals surface area (Å²) < 4.78 is 3.80. The molecule has 0 aliphatic carbocycles. The third-order valence-electron chi connectivity index (χ3n) is 3.52. The van der Waals surface area contributed by atoms with Gasteiger partial charge in [-0.1, -0.05) is 5.21 Å².